The minimum Gasteiger partial charge on any atom is -0.253 e. The lowest BCUT2D eigenvalue weighted by Crippen LogP contribution is -2.13. The monoisotopic (exact) mass is 351 g/mol. The molecule has 5 nitrogen and oxygen atoms in total. The number of sulfonamides is 1. The van der Waals surface area contributed by atoms with Crippen molar-refractivity contribution in [2.24, 2.45) is 0 Å². The molecule has 1 aromatic heterocycles. The van der Waals surface area contributed by atoms with Crippen molar-refractivity contribution in [1.82, 2.24) is 10.2 Å². The normalized spacial score (nSPS) is 11.6. The summed E-state index contributed by atoms with van der Waals surface area (Å²) >= 11 is 13.0. The highest BCUT2D eigenvalue weighted by atomic mass is 35.5. The molecule has 1 N–H and O–H groups in total. The van der Waals surface area contributed by atoms with E-state index >= 15 is 0 Å². The van der Waals surface area contributed by atoms with Crippen molar-refractivity contribution in [2.45, 2.75) is 25.2 Å². The molecule has 0 aliphatic heterocycles. The second-order valence-electron chi connectivity index (χ2n) is 3.99. The highest BCUT2D eigenvalue weighted by molar-refractivity contribution is 7.93. The molecular formula is C11H11Cl2N3O2S2. The Bertz CT molecular complexity index is 744. The van der Waals surface area contributed by atoms with E-state index < -0.39 is 10.0 Å². The number of hydrogen-bond donors (Lipinski definition) is 1. The van der Waals surface area contributed by atoms with Gasteiger partial charge in [-0.3, -0.25) is 4.72 Å². The van der Waals surface area contributed by atoms with Gasteiger partial charge in [0.25, 0.3) is 10.0 Å². The van der Waals surface area contributed by atoms with Gasteiger partial charge in [0.05, 0.1) is 5.02 Å². The lowest BCUT2D eigenvalue weighted by molar-refractivity contribution is 0.601. The van der Waals surface area contributed by atoms with E-state index in [0.29, 0.717) is 17.0 Å². The molecule has 1 aromatic carbocycles. The zero-order chi connectivity index (χ0) is 14.9. The van der Waals surface area contributed by atoms with Crippen LogP contribution in [0.25, 0.3) is 0 Å². The zero-order valence-corrected chi connectivity index (χ0v) is 13.8. The average molecular weight is 352 g/mol. The van der Waals surface area contributed by atoms with E-state index in [-0.39, 0.29) is 15.0 Å². The molecule has 2 aromatic rings. The number of aromatic nitrogens is 2. The molecule has 0 unspecified atom stereocenters. The van der Waals surface area contributed by atoms with Gasteiger partial charge in [-0.15, -0.1) is 10.2 Å². The standard InChI is InChI=1S/C11H11Cl2N3O2S2/c1-3-10-14-15-11(19-10)16-20(17,18)9-4-6(2)7(12)5-8(9)13/h4-5H,3H2,1-2H3,(H,15,16). The quantitative estimate of drug-likeness (QED) is 0.914. The first-order chi connectivity index (χ1) is 9.33. The molecule has 0 radical (unpaired) electrons. The highest BCUT2D eigenvalue weighted by Crippen LogP contribution is 2.30. The molecule has 108 valence electrons. The van der Waals surface area contributed by atoms with Gasteiger partial charge in [-0.2, -0.15) is 0 Å². The summed E-state index contributed by atoms with van der Waals surface area (Å²) in [4.78, 5) is -0.0330. The van der Waals surface area contributed by atoms with Crippen LogP contribution in [0.2, 0.25) is 10.0 Å². The van der Waals surface area contributed by atoms with Crippen molar-refractivity contribution in [2.75, 3.05) is 4.72 Å². The molecule has 1 heterocycles. The lowest BCUT2D eigenvalue weighted by Gasteiger charge is -2.08. The van der Waals surface area contributed by atoms with Crippen LogP contribution in [0.15, 0.2) is 17.0 Å². The highest BCUT2D eigenvalue weighted by Gasteiger charge is 2.21. The fourth-order valence-corrected chi connectivity index (χ4v) is 4.19. The van der Waals surface area contributed by atoms with Crippen molar-refractivity contribution < 1.29 is 8.42 Å². The molecule has 0 saturated carbocycles. The maximum atomic E-state index is 12.3. The van der Waals surface area contributed by atoms with Crippen LogP contribution in [-0.4, -0.2) is 18.6 Å². The van der Waals surface area contributed by atoms with Crippen LogP contribution < -0.4 is 4.72 Å². The molecule has 0 saturated heterocycles. The van der Waals surface area contributed by atoms with Gasteiger partial charge < -0.3 is 0 Å². The molecule has 0 aliphatic carbocycles. The Morgan fingerprint density at radius 3 is 2.55 bits per heavy atom. The molecule has 2 rings (SSSR count). The van der Waals surface area contributed by atoms with Crippen LogP contribution in [0.5, 0.6) is 0 Å². The zero-order valence-electron chi connectivity index (χ0n) is 10.6. The summed E-state index contributed by atoms with van der Waals surface area (Å²) in [5.74, 6) is 0. The number of aryl methyl sites for hydroxylation is 2. The smallest absolute Gasteiger partial charge is 0.253 e. The third kappa shape index (κ3) is 3.22. The maximum Gasteiger partial charge on any atom is 0.265 e. The second kappa shape index (κ2) is 5.85. The maximum absolute atomic E-state index is 12.3. The average Bonchev–Trinajstić information content (AvgIpc) is 2.80. The van der Waals surface area contributed by atoms with Crippen LogP contribution in [-0.2, 0) is 16.4 Å². The van der Waals surface area contributed by atoms with E-state index in [4.69, 9.17) is 23.2 Å². The molecule has 0 aliphatic rings. The Morgan fingerprint density at radius 1 is 1.25 bits per heavy atom. The molecular weight excluding hydrogens is 341 g/mol. The van der Waals surface area contributed by atoms with E-state index in [2.05, 4.69) is 14.9 Å². The SMILES string of the molecule is CCc1nnc(NS(=O)(=O)c2cc(C)c(Cl)cc2Cl)s1. The summed E-state index contributed by atoms with van der Waals surface area (Å²) in [6.07, 6.45) is 0.695. The van der Waals surface area contributed by atoms with E-state index in [1.807, 2.05) is 6.92 Å². The summed E-state index contributed by atoms with van der Waals surface area (Å²) in [7, 11) is -3.81. The molecule has 0 spiro atoms. The number of hydrogen-bond acceptors (Lipinski definition) is 5. The molecule has 0 amide bonds. The third-order valence-corrected chi connectivity index (χ3v) is 5.82. The van der Waals surface area contributed by atoms with E-state index in [9.17, 15) is 8.42 Å². The number of nitrogens with one attached hydrogen (secondary N) is 1. The van der Waals surface area contributed by atoms with Crippen molar-refractivity contribution in [3.63, 3.8) is 0 Å². The predicted molar refractivity (Wildman–Crippen MR) is 81.3 cm³/mol. The van der Waals surface area contributed by atoms with Gasteiger partial charge >= 0.3 is 0 Å². The Hall–Kier alpha value is -0.890. The van der Waals surface area contributed by atoms with Crippen LogP contribution in [0.3, 0.4) is 0 Å². The summed E-state index contributed by atoms with van der Waals surface area (Å²) < 4.78 is 26.9. The van der Waals surface area contributed by atoms with Gasteiger partial charge in [0.15, 0.2) is 0 Å². The first-order valence-corrected chi connectivity index (χ1v) is 8.70. The summed E-state index contributed by atoms with van der Waals surface area (Å²) in [6.45, 7) is 3.62. The second-order valence-corrected chi connectivity index (χ2v) is 7.52. The summed E-state index contributed by atoms with van der Waals surface area (Å²) in [5, 5.41) is 9.07. The number of nitrogens with zero attached hydrogens (tertiary/aromatic N) is 2. The van der Waals surface area contributed by atoms with E-state index in [0.717, 1.165) is 5.01 Å². The number of rotatable bonds is 4. The largest absolute Gasteiger partial charge is 0.265 e. The fraction of sp³-hybridized carbons (Fsp3) is 0.273. The Labute approximate surface area is 131 Å². The van der Waals surface area contributed by atoms with E-state index in [1.54, 1.807) is 6.92 Å². The topological polar surface area (TPSA) is 72.0 Å². The summed E-state index contributed by atoms with van der Waals surface area (Å²) in [5.41, 5.74) is 0.628. The predicted octanol–water partition coefficient (Wildman–Crippen LogP) is 3.52. The van der Waals surface area contributed by atoms with Gasteiger partial charge in [0.2, 0.25) is 5.13 Å². The van der Waals surface area contributed by atoms with Crippen molar-refractivity contribution in [3.8, 4) is 0 Å². The third-order valence-electron chi connectivity index (χ3n) is 2.49. The van der Waals surface area contributed by atoms with Crippen LogP contribution in [0, 0.1) is 6.92 Å². The van der Waals surface area contributed by atoms with Gasteiger partial charge in [-0.05, 0) is 31.0 Å². The Morgan fingerprint density at radius 2 is 1.95 bits per heavy atom. The molecule has 0 bridgehead atoms. The first-order valence-electron chi connectivity index (χ1n) is 5.64. The minimum absolute atomic E-state index is 0.0330. The van der Waals surface area contributed by atoms with Gasteiger partial charge in [-0.1, -0.05) is 41.5 Å². The Kier molecular flexibility index (Phi) is 4.53. The first kappa shape index (κ1) is 15.5. The van der Waals surface area contributed by atoms with E-state index in [1.165, 1.54) is 23.5 Å². The van der Waals surface area contributed by atoms with Crippen molar-refractivity contribution in [1.29, 1.82) is 0 Å². The van der Waals surface area contributed by atoms with Gasteiger partial charge in [0, 0.05) is 5.02 Å². The van der Waals surface area contributed by atoms with Crippen LogP contribution >= 0.6 is 34.5 Å². The number of benzene rings is 1. The Balaban J connectivity index is 2.37. The minimum atomic E-state index is -3.81. The molecule has 9 heteroatoms. The van der Waals surface area contributed by atoms with Gasteiger partial charge in [0.1, 0.15) is 9.90 Å². The van der Waals surface area contributed by atoms with Crippen LogP contribution in [0.1, 0.15) is 17.5 Å². The number of anilines is 1. The summed E-state index contributed by atoms with van der Waals surface area (Å²) in [6, 6.07) is 2.83. The van der Waals surface area contributed by atoms with Gasteiger partial charge in [-0.25, -0.2) is 8.42 Å². The number of halogens is 2. The lowest BCUT2D eigenvalue weighted by atomic mass is 10.2. The fourth-order valence-electron chi connectivity index (χ4n) is 1.44. The molecule has 0 atom stereocenters. The van der Waals surface area contributed by atoms with Crippen molar-refractivity contribution >= 4 is 49.7 Å². The molecule has 0 fully saturated rings. The molecule has 20 heavy (non-hydrogen) atoms. The van der Waals surface area contributed by atoms with Crippen molar-refractivity contribution in [3.05, 3.63) is 32.7 Å². The van der Waals surface area contributed by atoms with Crippen LogP contribution in [0.4, 0.5) is 5.13 Å².